The third-order valence-corrected chi connectivity index (χ3v) is 3.81. The van der Waals surface area contributed by atoms with E-state index in [4.69, 9.17) is 0 Å². The number of quaternary nitrogens is 1. The molecule has 0 saturated carbocycles. The second kappa shape index (κ2) is 4.17. The van der Waals surface area contributed by atoms with Gasteiger partial charge in [0.25, 0.3) is 0 Å². The molecule has 0 bridgehead atoms. The molecular formula is C11H24N3+. The van der Waals surface area contributed by atoms with Crippen molar-refractivity contribution in [3.05, 3.63) is 0 Å². The summed E-state index contributed by atoms with van der Waals surface area (Å²) in [5.74, 6) is 0. The number of rotatable bonds is 1. The van der Waals surface area contributed by atoms with Crippen molar-refractivity contribution in [1.82, 2.24) is 10.2 Å². The van der Waals surface area contributed by atoms with Gasteiger partial charge >= 0.3 is 0 Å². The topological polar surface area (TPSA) is 15.3 Å². The van der Waals surface area contributed by atoms with Crippen molar-refractivity contribution >= 4 is 0 Å². The summed E-state index contributed by atoms with van der Waals surface area (Å²) in [5.41, 5.74) is 0. The highest BCUT2D eigenvalue weighted by Crippen LogP contribution is 2.15. The third kappa shape index (κ3) is 2.47. The Bertz CT molecular complexity index is 175. The van der Waals surface area contributed by atoms with Gasteiger partial charge < -0.3 is 9.80 Å². The van der Waals surface area contributed by atoms with Gasteiger partial charge in [0.2, 0.25) is 0 Å². The average Bonchev–Trinajstić information content (AvgIpc) is 2.19. The zero-order valence-electron chi connectivity index (χ0n) is 9.63. The minimum Gasteiger partial charge on any atom is -0.326 e. The SMILES string of the molecule is C[N+]1(C)CCN(C2CCNCC2)CC1. The van der Waals surface area contributed by atoms with Crippen LogP contribution in [0.25, 0.3) is 0 Å². The fourth-order valence-electron chi connectivity index (χ4n) is 2.56. The minimum atomic E-state index is 0.872. The molecule has 82 valence electrons. The molecule has 0 amide bonds. The van der Waals surface area contributed by atoms with Crippen molar-refractivity contribution in [2.45, 2.75) is 18.9 Å². The molecule has 1 N–H and O–H groups in total. The highest BCUT2D eigenvalue weighted by Gasteiger charge is 2.29. The Labute approximate surface area is 87.7 Å². The molecule has 2 saturated heterocycles. The Kier molecular flexibility index (Phi) is 3.10. The van der Waals surface area contributed by atoms with Crippen LogP contribution in [0.5, 0.6) is 0 Å². The standard InChI is InChI=1S/C11H24N3/c1-14(2)9-7-13(8-10-14)11-3-5-12-6-4-11/h11-12H,3-10H2,1-2H3/q+1. The summed E-state index contributed by atoms with van der Waals surface area (Å²) in [4.78, 5) is 2.71. The highest BCUT2D eigenvalue weighted by molar-refractivity contribution is 4.79. The van der Waals surface area contributed by atoms with E-state index in [1.165, 1.54) is 56.6 Å². The Morgan fingerprint density at radius 3 is 2.21 bits per heavy atom. The minimum absolute atomic E-state index is 0.872. The molecule has 0 spiro atoms. The second-order valence-corrected chi connectivity index (χ2v) is 5.40. The molecule has 2 rings (SSSR count). The molecule has 14 heavy (non-hydrogen) atoms. The van der Waals surface area contributed by atoms with Crippen LogP contribution in [0.15, 0.2) is 0 Å². The lowest BCUT2D eigenvalue weighted by Gasteiger charge is -2.43. The van der Waals surface area contributed by atoms with Crippen LogP contribution in [0.2, 0.25) is 0 Å². The fraction of sp³-hybridized carbons (Fsp3) is 1.00. The molecular weight excluding hydrogens is 174 g/mol. The van der Waals surface area contributed by atoms with E-state index >= 15 is 0 Å². The van der Waals surface area contributed by atoms with Gasteiger partial charge in [-0.25, -0.2) is 0 Å². The zero-order valence-corrected chi connectivity index (χ0v) is 9.63. The quantitative estimate of drug-likeness (QED) is 0.603. The largest absolute Gasteiger partial charge is 0.326 e. The van der Waals surface area contributed by atoms with Gasteiger partial charge in [-0.3, -0.25) is 4.90 Å². The lowest BCUT2D eigenvalue weighted by molar-refractivity contribution is -0.894. The predicted octanol–water partition coefficient (Wildman–Crippen LogP) is 0.130. The van der Waals surface area contributed by atoms with Crippen molar-refractivity contribution in [3.63, 3.8) is 0 Å². The molecule has 0 atom stereocenters. The molecule has 0 aromatic heterocycles. The van der Waals surface area contributed by atoms with Crippen molar-refractivity contribution < 1.29 is 4.48 Å². The van der Waals surface area contributed by atoms with E-state index in [1.807, 2.05) is 0 Å². The second-order valence-electron chi connectivity index (χ2n) is 5.40. The van der Waals surface area contributed by atoms with Crippen molar-refractivity contribution in [2.75, 3.05) is 53.4 Å². The van der Waals surface area contributed by atoms with E-state index in [0.717, 1.165) is 6.04 Å². The number of likely N-dealkylation sites (N-methyl/N-ethyl adjacent to an activating group) is 1. The average molecular weight is 198 g/mol. The Morgan fingerprint density at radius 2 is 1.64 bits per heavy atom. The van der Waals surface area contributed by atoms with E-state index in [0.29, 0.717) is 0 Å². The van der Waals surface area contributed by atoms with Crippen molar-refractivity contribution in [1.29, 1.82) is 0 Å². The van der Waals surface area contributed by atoms with E-state index in [2.05, 4.69) is 24.3 Å². The van der Waals surface area contributed by atoms with E-state index in [1.54, 1.807) is 0 Å². The number of piperazine rings is 1. The maximum Gasteiger partial charge on any atom is 0.0912 e. The molecule has 2 aliphatic heterocycles. The summed E-state index contributed by atoms with van der Waals surface area (Å²) in [5, 5.41) is 3.44. The van der Waals surface area contributed by atoms with Gasteiger partial charge in [-0.1, -0.05) is 0 Å². The molecule has 0 aliphatic carbocycles. The summed E-state index contributed by atoms with van der Waals surface area (Å²) >= 11 is 0. The van der Waals surface area contributed by atoms with Crippen LogP contribution < -0.4 is 5.32 Å². The monoisotopic (exact) mass is 198 g/mol. The molecule has 0 aromatic carbocycles. The first-order valence-electron chi connectivity index (χ1n) is 5.94. The van der Waals surface area contributed by atoms with Crippen LogP contribution in [-0.4, -0.2) is 68.8 Å². The molecule has 3 heteroatoms. The lowest BCUT2D eigenvalue weighted by atomic mass is 10.0. The summed E-state index contributed by atoms with van der Waals surface area (Å²) in [6.07, 6.45) is 2.71. The van der Waals surface area contributed by atoms with Gasteiger partial charge in [0.05, 0.1) is 27.2 Å². The van der Waals surface area contributed by atoms with Crippen LogP contribution in [0.1, 0.15) is 12.8 Å². The molecule has 0 radical (unpaired) electrons. The summed E-state index contributed by atoms with van der Waals surface area (Å²) < 4.78 is 1.21. The van der Waals surface area contributed by atoms with Crippen LogP contribution in [0, 0.1) is 0 Å². The predicted molar refractivity (Wildman–Crippen MR) is 59.3 cm³/mol. The van der Waals surface area contributed by atoms with Gasteiger partial charge in [0.15, 0.2) is 0 Å². The van der Waals surface area contributed by atoms with Gasteiger partial charge in [0.1, 0.15) is 0 Å². The summed E-state index contributed by atoms with van der Waals surface area (Å²) in [7, 11) is 4.69. The molecule has 2 heterocycles. The van der Waals surface area contributed by atoms with Crippen molar-refractivity contribution in [2.24, 2.45) is 0 Å². The molecule has 3 nitrogen and oxygen atoms in total. The Morgan fingerprint density at radius 1 is 1.07 bits per heavy atom. The van der Waals surface area contributed by atoms with Gasteiger partial charge in [-0.2, -0.15) is 0 Å². The van der Waals surface area contributed by atoms with Gasteiger partial charge in [0, 0.05) is 19.1 Å². The lowest BCUT2D eigenvalue weighted by Crippen LogP contribution is -2.58. The van der Waals surface area contributed by atoms with Crippen LogP contribution in [0.3, 0.4) is 0 Å². The summed E-state index contributed by atoms with van der Waals surface area (Å²) in [6.45, 7) is 7.70. The maximum atomic E-state index is 3.44. The van der Waals surface area contributed by atoms with Crippen LogP contribution in [0.4, 0.5) is 0 Å². The van der Waals surface area contributed by atoms with Gasteiger partial charge in [-0.05, 0) is 25.9 Å². The van der Waals surface area contributed by atoms with Crippen LogP contribution >= 0.6 is 0 Å². The summed E-state index contributed by atoms with van der Waals surface area (Å²) in [6, 6.07) is 0.872. The Hall–Kier alpha value is -0.120. The zero-order chi connectivity index (χ0) is 10.0. The molecule has 0 unspecified atom stereocenters. The Balaban J connectivity index is 1.82. The third-order valence-electron chi connectivity index (χ3n) is 3.81. The number of piperidine rings is 1. The van der Waals surface area contributed by atoms with E-state index < -0.39 is 0 Å². The maximum absolute atomic E-state index is 3.44. The normalized spacial score (nSPS) is 30.4. The molecule has 2 fully saturated rings. The number of nitrogens with one attached hydrogen (secondary N) is 1. The number of hydrogen-bond donors (Lipinski definition) is 1. The number of nitrogens with zero attached hydrogens (tertiary/aromatic N) is 2. The van der Waals surface area contributed by atoms with Gasteiger partial charge in [-0.15, -0.1) is 0 Å². The fourth-order valence-corrected chi connectivity index (χ4v) is 2.56. The van der Waals surface area contributed by atoms with Crippen molar-refractivity contribution in [3.8, 4) is 0 Å². The van der Waals surface area contributed by atoms with E-state index in [-0.39, 0.29) is 0 Å². The first kappa shape index (κ1) is 10.4. The van der Waals surface area contributed by atoms with Crippen LogP contribution in [-0.2, 0) is 0 Å². The first-order valence-corrected chi connectivity index (χ1v) is 5.94. The highest BCUT2D eigenvalue weighted by atomic mass is 15.4. The molecule has 2 aliphatic rings. The smallest absolute Gasteiger partial charge is 0.0912 e. The first-order chi connectivity index (χ1) is 6.67. The molecule has 0 aromatic rings. The number of hydrogen-bond acceptors (Lipinski definition) is 2. The van der Waals surface area contributed by atoms with E-state index in [9.17, 15) is 0 Å².